The number of amides is 1. The number of rotatable bonds is 2. The van der Waals surface area contributed by atoms with Crippen LogP contribution in [0, 0.1) is 28.4 Å². The maximum atomic E-state index is 15.0. The van der Waals surface area contributed by atoms with Gasteiger partial charge in [0, 0.05) is 54.8 Å². The van der Waals surface area contributed by atoms with Crippen molar-refractivity contribution < 1.29 is 18.3 Å². The van der Waals surface area contributed by atoms with Crippen molar-refractivity contribution in [3.63, 3.8) is 0 Å². The van der Waals surface area contributed by atoms with Gasteiger partial charge in [-0.15, -0.1) is 0 Å². The predicted octanol–water partition coefficient (Wildman–Crippen LogP) is 4.38. The molecule has 36 heavy (non-hydrogen) atoms. The quantitative estimate of drug-likeness (QED) is 0.666. The summed E-state index contributed by atoms with van der Waals surface area (Å²) in [6.45, 7) is 10.7. The molecule has 9 heteroatoms. The number of likely N-dealkylation sites (tertiary alicyclic amines) is 1. The van der Waals surface area contributed by atoms with E-state index in [-0.39, 0.29) is 23.1 Å². The molecule has 0 saturated carbocycles. The van der Waals surface area contributed by atoms with Crippen LogP contribution in [0.1, 0.15) is 50.9 Å². The monoisotopic (exact) mass is 495 g/mol. The third-order valence-electron chi connectivity index (χ3n) is 7.66. The highest BCUT2D eigenvalue weighted by Crippen LogP contribution is 2.48. The molecule has 0 radical (unpaired) electrons. The fraction of sp³-hybridized carbons (Fsp3) is 0.519. The van der Waals surface area contributed by atoms with Crippen molar-refractivity contribution in [2.75, 3.05) is 31.1 Å². The Morgan fingerprint density at radius 2 is 2.06 bits per heavy atom. The minimum absolute atomic E-state index is 0.0105. The summed E-state index contributed by atoms with van der Waals surface area (Å²) < 4.78 is 34.2. The van der Waals surface area contributed by atoms with Crippen LogP contribution in [0.15, 0.2) is 18.2 Å². The first-order valence-corrected chi connectivity index (χ1v) is 12.4. The van der Waals surface area contributed by atoms with E-state index in [0.717, 1.165) is 23.7 Å². The average molecular weight is 496 g/mol. The Morgan fingerprint density at radius 1 is 1.31 bits per heavy atom. The molecule has 7 nitrogen and oxygen atoms in total. The minimum atomic E-state index is -0.692. The molecule has 1 N–H and O–H groups in total. The van der Waals surface area contributed by atoms with Gasteiger partial charge in [-0.1, -0.05) is 0 Å². The van der Waals surface area contributed by atoms with Gasteiger partial charge in [-0.2, -0.15) is 5.26 Å². The van der Waals surface area contributed by atoms with E-state index in [1.165, 1.54) is 12.1 Å². The van der Waals surface area contributed by atoms with E-state index in [0.29, 0.717) is 56.1 Å². The molecule has 5 rings (SSSR count). The van der Waals surface area contributed by atoms with E-state index >= 15 is 0 Å². The van der Waals surface area contributed by atoms with Gasteiger partial charge in [0.2, 0.25) is 0 Å². The number of fused-ring (bicyclic) bond motifs is 1. The summed E-state index contributed by atoms with van der Waals surface area (Å²) in [7, 11) is 0. The van der Waals surface area contributed by atoms with Crippen molar-refractivity contribution in [3.8, 4) is 17.2 Å². The molecule has 0 unspecified atom stereocenters. The molecule has 0 aliphatic carbocycles. The molecular weight excluding hydrogens is 464 g/mol. The van der Waals surface area contributed by atoms with Crippen molar-refractivity contribution in [3.05, 3.63) is 46.7 Å². The zero-order valence-electron chi connectivity index (χ0n) is 21.1. The van der Waals surface area contributed by atoms with E-state index in [1.54, 1.807) is 4.90 Å². The highest BCUT2D eigenvalue weighted by atomic mass is 19.1. The number of ether oxygens (including phenoxy) is 1. The molecule has 1 amide bonds. The Hall–Kier alpha value is -3.25. The van der Waals surface area contributed by atoms with Gasteiger partial charge < -0.3 is 19.9 Å². The van der Waals surface area contributed by atoms with Crippen molar-refractivity contribution >= 4 is 11.9 Å². The van der Waals surface area contributed by atoms with Crippen LogP contribution in [-0.4, -0.2) is 53.8 Å². The lowest BCUT2D eigenvalue weighted by molar-refractivity contribution is -0.0355. The third kappa shape index (κ3) is 4.07. The fourth-order valence-corrected chi connectivity index (χ4v) is 5.75. The Kier molecular flexibility index (Phi) is 5.91. The SMILES string of the molecule is C[C@@H]1N(c2nc3c(c(-c4ccc(F)cc4F)c2C#N)CCNC3)CCC12CN(C(=O)OC(C)(C)C)C2. The van der Waals surface area contributed by atoms with Gasteiger partial charge in [0.1, 0.15) is 34.7 Å². The molecule has 1 spiro atoms. The number of nitriles is 1. The number of carbonyl (C=O) groups is 1. The Morgan fingerprint density at radius 3 is 2.72 bits per heavy atom. The summed E-state index contributed by atoms with van der Waals surface area (Å²) in [5.74, 6) is -0.824. The molecule has 190 valence electrons. The second-order valence-electron chi connectivity index (χ2n) is 11.1. The van der Waals surface area contributed by atoms with Gasteiger partial charge >= 0.3 is 6.09 Å². The largest absolute Gasteiger partial charge is 0.444 e. The number of hydrogen-bond acceptors (Lipinski definition) is 6. The van der Waals surface area contributed by atoms with Crippen LogP contribution < -0.4 is 10.2 Å². The van der Waals surface area contributed by atoms with Crippen LogP contribution in [0.5, 0.6) is 0 Å². The van der Waals surface area contributed by atoms with Gasteiger partial charge in [0.05, 0.1) is 5.69 Å². The van der Waals surface area contributed by atoms with Crippen molar-refractivity contribution in [2.24, 2.45) is 5.41 Å². The molecule has 2 fully saturated rings. The summed E-state index contributed by atoms with van der Waals surface area (Å²) in [5, 5.41) is 13.6. The van der Waals surface area contributed by atoms with Crippen LogP contribution in [-0.2, 0) is 17.7 Å². The normalized spacial score (nSPS) is 20.6. The first-order chi connectivity index (χ1) is 17.0. The Balaban J connectivity index is 1.51. The summed E-state index contributed by atoms with van der Waals surface area (Å²) in [5.41, 5.74) is 1.98. The zero-order valence-corrected chi connectivity index (χ0v) is 21.1. The highest BCUT2D eigenvalue weighted by Gasteiger charge is 2.55. The molecule has 1 atom stereocenters. The van der Waals surface area contributed by atoms with Crippen LogP contribution in [0.25, 0.3) is 11.1 Å². The van der Waals surface area contributed by atoms with E-state index < -0.39 is 17.2 Å². The molecule has 0 bridgehead atoms. The van der Waals surface area contributed by atoms with Gasteiger partial charge in [-0.05, 0) is 64.8 Å². The molecule has 3 aliphatic rings. The number of hydrogen-bond donors (Lipinski definition) is 1. The van der Waals surface area contributed by atoms with Crippen molar-refractivity contribution in [1.29, 1.82) is 5.26 Å². The van der Waals surface area contributed by atoms with Gasteiger partial charge in [0.25, 0.3) is 0 Å². The van der Waals surface area contributed by atoms with Crippen molar-refractivity contribution in [2.45, 2.75) is 58.7 Å². The molecule has 1 aromatic carbocycles. The maximum absolute atomic E-state index is 15.0. The predicted molar refractivity (Wildman–Crippen MR) is 131 cm³/mol. The van der Waals surface area contributed by atoms with Crippen LogP contribution in [0.4, 0.5) is 19.4 Å². The number of nitrogens with one attached hydrogen (secondary N) is 1. The van der Waals surface area contributed by atoms with Gasteiger partial charge in [-0.25, -0.2) is 18.6 Å². The van der Waals surface area contributed by atoms with E-state index in [4.69, 9.17) is 9.72 Å². The molecule has 4 heterocycles. The zero-order chi connectivity index (χ0) is 25.8. The summed E-state index contributed by atoms with van der Waals surface area (Å²) in [4.78, 5) is 21.3. The topological polar surface area (TPSA) is 81.5 Å². The molecule has 1 aromatic heterocycles. The molecular formula is C27H31F2N5O2. The fourth-order valence-electron chi connectivity index (χ4n) is 5.75. The first kappa shape index (κ1) is 24.4. The van der Waals surface area contributed by atoms with E-state index in [2.05, 4.69) is 23.2 Å². The molecule has 3 aliphatic heterocycles. The number of nitrogens with zero attached hydrogens (tertiary/aromatic N) is 4. The lowest BCUT2D eigenvalue weighted by atomic mass is 9.74. The minimum Gasteiger partial charge on any atom is -0.444 e. The second kappa shape index (κ2) is 8.70. The lowest BCUT2D eigenvalue weighted by Gasteiger charge is -2.51. The van der Waals surface area contributed by atoms with E-state index in [9.17, 15) is 18.8 Å². The van der Waals surface area contributed by atoms with Crippen LogP contribution in [0.2, 0.25) is 0 Å². The summed E-state index contributed by atoms with van der Waals surface area (Å²) in [6, 6.07) is 5.80. The summed E-state index contributed by atoms with van der Waals surface area (Å²) in [6.07, 6.45) is 1.13. The number of carbonyl (C=O) groups excluding carboxylic acids is 1. The number of anilines is 1. The van der Waals surface area contributed by atoms with Crippen LogP contribution >= 0.6 is 0 Å². The number of benzene rings is 1. The second-order valence-corrected chi connectivity index (χ2v) is 11.1. The number of halogens is 2. The smallest absolute Gasteiger partial charge is 0.410 e. The standard InChI is InChI=1S/C27H31F2N5O2/c1-16-27(14-33(15-27)25(35)36-26(2,3)4)8-10-34(16)24-20(12-30)23(18-6-5-17(28)11-21(18)29)19-7-9-31-13-22(19)32-24/h5-6,11,16,31H,7-10,13-15H2,1-4H3/t16-/m0/s1. The average Bonchev–Trinajstić information content (AvgIpc) is 3.13. The van der Waals surface area contributed by atoms with Crippen LogP contribution in [0.3, 0.4) is 0 Å². The van der Waals surface area contributed by atoms with Gasteiger partial charge in [-0.3, -0.25) is 0 Å². The molecule has 2 saturated heterocycles. The summed E-state index contributed by atoms with van der Waals surface area (Å²) >= 11 is 0. The number of aromatic nitrogens is 1. The first-order valence-electron chi connectivity index (χ1n) is 12.4. The van der Waals surface area contributed by atoms with Gasteiger partial charge in [0.15, 0.2) is 0 Å². The molecule has 2 aromatic rings. The van der Waals surface area contributed by atoms with E-state index in [1.807, 2.05) is 20.8 Å². The number of pyridine rings is 1. The highest BCUT2D eigenvalue weighted by molar-refractivity contribution is 5.81. The lowest BCUT2D eigenvalue weighted by Crippen LogP contribution is -2.63. The Labute approximate surface area is 210 Å². The maximum Gasteiger partial charge on any atom is 0.410 e. The van der Waals surface area contributed by atoms with Crippen molar-refractivity contribution in [1.82, 2.24) is 15.2 Å². The Bertz CT molecular complexity index is 1260. The third-order valence-corrected chi connectivity index (χ3v) is 7.66.